The quantitative estimate of drug-likeness (QED) is 0.793. The van der Waals surface area contributed by atoms with Gasteiger partial charge in [-0.3, -0.25) is 0 Å². The zero-order valence-electron chi connectivity index (χ0n) is 11.0. The highest BCUT2D eigenvalue weighted by molar-refractivity contribution is 9.11. The number of sulfonamides is 1. The Bertz CT molecular complexity index is 732. The molecular formula is C13H14BrFN2O2S2. The number of rotatable bonds is 6. The van der Waals surface area contributed by atoms with Crippen molar-refractivity contribution in [1.82, 2.24) is 4.72 Å². The van der Waals surface area contributed by atoms with Gasteiger partial charge in [-0.15, -0.1) is 11.3 Å². The van der Waals surface area contributed by atoms with E-state index in [1.165, 1.54) is 12.1 Å². The standard InChI is InChI=1S/C13H14BrFN2O2S2/c14-13-4-1-10(20-13)5-6-17-21(18,19)11-2-3-12(15)9(7-11)8-16/h1-4,7,17H,5-6,8,16H2. The predicted octanol–water partition coefficient (Wildman–Crippen LogP) is 2.63. The third-order valence-electron chi connectivity index (χ3n) is 2.84. The van der Waals surface area contributed by atoms with E-state index in [1.807, 2.05) is 12.1 Å². The minimum atomic E-state index is -3.65. The summed E-state index contributed by atoms with van der Waals surface area (Å²) < 4.78 is 41.1. The van der Waals surface area contributed by atoms with Gasteiger partial charge in [0.05, 0.1) is 8.68 Å². The predicted molar refractivity (Wildman–Crippen MR) is 85.2 cm³/mol. The molecule has 0 bridgehead atoms. The zero-order valence-corrected chi connectivity index (χ0v) is 14.2. The average molecular weight is 393 g/mol. The van der Waals surface area contributed by atoms with Crippen molar-refractivity contribution in [3.63, 3.8) is 0 Å². The van der Waals surface area contributed by atoms with Gasteiger partial charge in [0, 0.05) is 23.5 Å². The molecule has 0 spiro atoms. The lowest BCUT2D eigenvalue weighted by Crippen LogP contribution is -2.26. The number of nitrogens with two attached hydrogens (primary N) is 1. The molecule has 0 saturated carbocycles. The van der Waals surface area contributed by atoms with E-state index in [0.29, 0.717) is 6.42 Å². The summed E-state index contributed by atoms with van der Waals surface area (Å²) in [6, 6.07) is 7.47. The van der Waals surface area contributed by atoms with Gasteiger partial charge in [0.25, 0.3) is 0 Å². The van der Waals surface area contributed by atoms with Crippen molar-refractivity contribution in [2.24, 2.45) is 5.73 Å². The summed E-state index contributed by atoms with van der Waals surface area (Å²) in [4.78, 5) is 1.10. The number of nitrogens with one attached hydrogen (secondary N) is 1. The average Bonchev–Trinajstić information content (AvgIpc) is 2.84. The van der Waals surface area contributed by atoms with Crippen LogP contribution in [0.25, 0.3) is 0 Å². The summed E-state index contributed by atoms with van der Waals surface area (Å²) in [5.74, 6) is -0.500. The zero-order chi connectivity index (χ0) is 15.5. The van der Waals surface area contributed by atoms with Crippen molar-refractivity contribution in [2.45, 2.75) is 17.9 Å². The summed E-state index contributed by atoms with van der Waals surface area (Å²) in [5.41, 5.74) is 5.56. The minimum Gasteiger partial charge on any atom is -0.326 e. The first-order valence-corrected chi connectivity index (χ1v) is 9.24. The molecule has 1 heterocycles. The number of thiophene rings is 1. The van der Waals surface area contributed by atoms with Gasteiger partial charge in [-0.1, -0.05) is 0 Å². The topological polar surface area (TPSA) is 72.2 Å². The summed E-state index contributed by atoms with van der Waals surface area (Å²) in [5, 5.41) is 0. The number of benzene rings is 1. The molecule has 0 aliphatic carbocycles. The van der Waals surface area contributed by atoms with Crippen LogP contribution in [0.2, 0.25) is 0 Å². The fraction of sp³-hybridized carbons (Fsp3) is 0.231. The SMILES string of the molecule is NCc1cc(S(=O)(=O)NCCc2ccc(Br)s2)ccc1F. The van der Waals surface area contributed by atoms with Crippen molar-refractivity contribution < 1.29 is 12.8 Å². The number of hydrogen-bond acceptors (Lipinski definition) is 4. The largest absolute Gasteiger partial charge is 0.326 e. The van der Waals surface area contributed by atoms with Crippen LogP contribution in [0.15, 0.2) is 39.0 Å². The Morgan fingerprint density at radius 3 is 2.67 bits per heavy atom. The van der Waals surface area contributed by atoms with Gasteiger partial charge >= 0.3 is 0 Å². The van der Waals surface area contributed by atoms with Gasteiger partial charge in [-0.05, 0) is 52.7 Å². The van der Waals surface area contributed by atoms with E-state index in [9.17, 15) is 12.8 Å². The molecule has 4 nitrogen and oxygen atoms in total. The van der Waals surface area contributed by atoms with Crippen LogP contribution in [0.5, 0.6) is 0 Å². The monoisotopic (exact) mass is 392 g/mol. The van der Waals surface area contributed by atoms with Gasteiger partial charge in [0.2, 0.25) is 10.0 Å². The molecule has 0 aliphatic heterocycles. The Kier molecular flexibility index (Phi) is 5.50. The van der Waals surface area contributed by atoms with Crippen LogP contribution in [0.3, 0.4) is 0 Å². The molecule has 8 heteroatoms. The first kappa shape index (κ1) is 16.6. The van der Waals surface area contributed by atoms with Crippen molar-refractivity contribution in [3.8, 4) is 0 Å². The maximum absolute atomic E-state index is 13.3. The molecule has 3 N–H and O–H groups in total. The molecular weight excluding hydrogens is 379 g/mol. The molecule has 2 rings (SSSR count). The summed E-state index contributed by atoms with van der Waals surface area (Å²) >= 11 is 4.91. The van der Waals surface area contributed by atoms with Crippen LogP contribution in [-0.4, -0.2) is 15.0 Å². The van der Waals surface area contributed by atoms with Gasteiger partial charge in [-0.25, -0.2) is 17.5 Å². The highest BCUT2D eigenvalue weighted by atomic mass is 79.9. The summed E-state index contributed by atoms with van der Waals surface area (Å²) in [6.07, 6.45) is 0.598. The highest BCUT2D eigenvalue weighted by Gasteiger charge is 2.15. The van der Waals surface area contributed by atoms with E-state index in [4.69, 9.17) is 5.73 Å². The molecule has 0 unspecified atom stereocenters. The van der Waals surface area contributed by atoms with E-state index in [2.05, 4.69) is 20.7 Å². The lowest BCUT2D eigenvalue weighted by Gasteiger charge is -2.08. The minimum absolute atomic E-state index is 0.0247. The maximum atomic E-state index is 13.3. The third-order valence-corrected chi connectivity index (χ3v) is 5.98. The van der Waals surface area contributed by atoms with E-state index in [-0.39, 0.29) is 23.5 Å². The van der Waals surface area contributed by atoms with Gasteiger partial charge in [-0.2, -0.15) is 0 Å². The first-order chi connectivity index (χ1) is 9.92. The second-order valence-corrected chi connectivity index (χ2v) is 8.63. The van der Waals surface area contributed by atoms with Crippen LogP contribution < -0.4 is 10.5 Å². The molecule has 114 valence electrons. The Labute approximate surface area is 135 Å². The van der Waals surface area contributed by atoms with E-state index < -0.39 is 15.8 Å². The highest BCUT2D eigenvalue weighted by Crippen LogP contribution is 2.22. The Balaban J connectivity index is 2.04. The molecule has 0 radical (unpaired) electrons. The Morgan fingerprint density at radius 2 is 2.05 bits per heavy atom. The molecule has 21 heavy (non-hydrogen) atoms. The molecule has 0 aliphatic rings. The van der Waals surface area contributed by atoms with Crippen molar-refractivity contribution in [2.75, 3.05) is 6.54 Å². The van der Waals surface area contributed by atoms with Crippen LogP contribution >= 0.6 is 27.3 Å². The number of halogens is 2. The lowest BCUT2D eigenvalue weighted by molar-refractivity contribution is 0.579. The van der Waals surface area contributed by atoms with Crippen molar-refractivity contribution >= 4 is 37.3 Å². The third kappa shape index (κ3) is 4.33. The molecule has 2 aromatic rings. The van der Waals surface area contributed by atoms with E-state index >= 15 is 0 Å². The second kappa shape index (κ2) is 6.97. The van der Waals surface area contributed by atoms with Crippen molar-refractivity contribution in [1.29, 1.82) is 0 Å². The lowest BCUT2D eigenvalue weighted by atomic mass is 10.2. The normalized spacial score (nSPS) is 11.8. The summed E-state index contributed by atoms with van der Waals surface area (Å²) in [7, 11) is -3.65. The Hall–Kier alpha value is -0.800. The van der Waals surface area contributed by atoms with E-state index in [1.54, 1.807) is 11.3 Å². The van der Waals surface area contributed by atoms with Crippen LogP contribution in [0.1, 0.15) is 10.4 Å². The van der Waals surface area contributed by atoms with Crippen LogP contribution in [-0.2, 0) is 23.0 Å². The van der Waals surface area contributed by atoms with Crippen molar-refractivity contribution in [3.05, 3.63) is 50.4 Å². The molecule has 1 aromatic heterocycles. The van der Waals surface area contributed by atoms with Gasteiger partial charge in [0.1, 0.15) is 5.82 Å². The molecule has 1 aromatic carbocycles. The van der Waals surface area contributed by atoms with E-state index in [0.717, 1.165) is 14.7 Å². The van der Waals surface area contributed by atoms with Crippen LogP contribution in [0, 0.1) is 5.82 Å². The molecule has 0 fully saturated rings. The smallest absolute Gasteiger partial charge is 0.240 e. The van der Waals surface area contributed by atoms with Crippen LogP contribution in [0.4, 0.5) is 4.39 Å². The fourth-order valence-electron chi connectivity index (χ4n) is 1.75. The molecule has 0 saturated heterocycles. The fourth-order valence-corrected chi connectivity index (χ4v) is 4.32. The second-order valence-electron chi connectivity index (χ2n) is 4.31. The Morgan fingerprint density at radius 1 is 1.29 bits per heavy atom. The van der Waals surface area contributed by atoms with Gasteiger partial charge in [0.15, 0.2) is 0 Å². The first-order valence-electron chi connectivity index (χ1n) is 6.15. The molecule has 0 atom stereocenters. The number of hydrogen-bond donors (Lipinski definition) is 2. The maximum Gasteiger partial charge on any atom is 0.240 e. The summed E-state index contributed by atoms with van der Waals surface area (Å²) in [6.45, 7) is 0.239. The molecule has 0 amide bonds. The van der Waals surface area contributed by atoms with Gasteiger partial charge < -0.3 is 5.73 Å².